The Morgan fingerprint density at radius 3 is 2.83 bits per heavy atom. The molecule has 5 nitrogen and oxygen atoms in total. The molecule has 0 N–H and O–H groups in total. The van der Waals surface area contributed by atoms with Crippen molar-refractivity contribution in [3.63, 3.8) is 0 Å². The van der Waals surface area contributed by atoms with Crippen molar-refractivity contribution in [3.8, 4) is 11.4 Å². The van der Waals surface area contributed by atoms with Crippen LogP contribution in [0.4, 0.5) is 10.1 Å². The summed E-state index contributed by atoms with van der Waals surface area (Å²) in [7, 11) is 0. The Labute approximate surface area is 177 Å². The smallest absolute Gasteiger partial charge is 0.237 e. The van der Waals surface area contributed by atoms with Crippen LogP contribution in [0.25, 0.3) is 11.4 Å². The van der Waals surface area contributed by atoms with Crippen LogP contribution in [0.2, 0.25) is 0 Å². The Hall–Kier alpha value is -2.58. The summed E-state index contributed by atoms with van der Waals surface area (Å²) in [6.07, 6.45) is 1.71. The van der Waals surface area contributed by atoms with Crippen molar-refractivity contribution in [1.29, 1.82) is 0 Å². The number of carbonyl (C=O) groups is 1. The Morgan fingerprint density at radius 1 is 1.21 bits per heavy atom. The monoisotopic (exact) mass is 426 g/mol. The average molecular weight is 427 g/mol. The first-order valence-electron chi connectivity index (χ1n) is 9.13. The van der Waals surface area contributed by atoms with Gasteiger partial charge in [0.1, 0.15) is 5.82 Å². The number of halogens is 1. The van der Waals surface area contributed by atoms with Gasteiger partial charge < -0.3 is 4.90 Å². The molecule has 2 heterocycles. The summed E-state index contributed by atoms with van der Waals surface area (Å²) in [6, 6.07) is 14.4. The molecule has 3 aromatic rings. The molecule has 2 aromatic carbocycles. The fraction of sp³-hybridized carbons (Fsp3) is 0.190. The predicted octanol–water partition coefficient (Wildman–Crippen LogP) is 4.50. The van der Waals surface area contributed by atoms with Gasteiger partial charge in [0.15, 0.2) is 11.0 Å². The number of fused-ring (bicyclic) bond motifs is 1. The maximum Gasteiger partial charge on any atom is 0.237 e. The molecule has 4 rings (SSSR count). The van der Waals surface area contributed by atoms with E-state index in [1.165, 1.54) is 17.8 Å². The highest BCUT2D eigenvalue weighted by molar-refractivity contribution is 8.00. The van der Waals surface area contributed by atoms with Crippen molar-refractivity contribution in [2.75, 3.05) is 23.0 Å². The molecule has 0 unspecified atom stereocenters. The molecular weight excluding hydrogens is 407 g/mol. The van der Waals surface area contributed by atoms with Crippen LogP contribution in [-0.4, -0.2) is 38.7 Å². The van der Waals surface area contributed by atoms with E-state index in [-0.39, 0.29) is 17.5 Å². The minimum absolute atomic E-state index is 0.0170. The highest BCUT2D eigenvalue weighted by Gasteiger charge is 2.24. The van der Waals surface area contributed by atoms with Gasteiger partial charge in [0.2, 0.25) is 5.91 Å². The Morgan fingerprint density at radius 2 is 2.00 bits per heavy atom. The maximum atomic E-state index is 14.2. The normalized spacial score (nSPS) is 13.2. The molecule has 1 aromatic heterocycles. The molecule has 0 fully saturated rings. The Kier molecular flexibility index (Phi) is 6.01. The lowest BCUT2D eigenvalue weighted by Crippen LogP contribution is -2.36. The van der Waals surface area contributed by atoms with Crippen molar-refractivity contribution in [2.45, 2.75) is 16.6 Å². The summed E-state index contributed by atoms with van der Waals surface area (Å²) in [5.41, 5.74) is 1.33. The van der Waals surface area contributed by atoms with Crippen LogP contribution < -0.4 is 4.90 Å². The number of allylic oxidation sites excluding steroid dienone is 1. The topological polar surface area (TPSA) is 51.0 Å². The summed E-state index contributed by atoms with van der Waals surface area (Å²) >= 11 is 3.07. The van der Waals surface area contributed by atoms with Crippen LogP contribution in [0.15, 0.2) is 71.2 Å². The third kappa shape index (κ3) is 4.09. The quantitative estimate of drug-likeness (QED) is 0.429. The van der Waals surface area contributed by atoms with Gasteiger partial charge in [0, 0.05) is 23.7 Å². The first-order chi connectivity index (χ1) is 14.2. The molecule has 1 aliphatic heterocycles. The van der Waals surface area contributed by atoms with Gasteiger partial charge in [-0.3, -0.25) is 9.36 Å². The SMILES string of the molecule is C=CCn1c(SCC(=O)N2CCSc3ccccc32)nnc1-c1ccccc1F. The number of rotatable bonds is 6. The molecule has 0 saturated heterocycles. The van der Waals surface area contributed by atoms with Crippen molar-refractivity contribution >= 4 is 35.1 Å². The molecule has 29 heavy (non-hydrogen) atoms. The third-order valence-corrected chi connectivity index (χ3v) is 6.49. The Bertz CT molecular complexity index is 1050. The largest absolute Gasteiger partial charge is 0.310 e. The first kappa shape index (κ1) is 19.7. The van der Waals surface area contributed by atoms with Crippen molar-refractivity contribution < 1.29 is 9.18 Å². The van der Waals surface area contributed by atoms with E-state index >= 15 is 0 Å². The minimum Gasteiger partial charge on any atom is -0.310 e. The molecule has 8 heteroatoms. The molecule has 1 amide bonds. The lowest BCUT2D eigenvalue weighted by Gasteiger charge is -2.28. The number of anilines is 1. The second kappa shape index (κ2) is 8.84. The number of amides is 1. The van der Waals surface area contributed by atoms with Gasteiger partial charge in [-0.25, -0.2) is 4.39 Å². The van der Waals surface area contributed by atoms with Gasteiger partial charge in [0.05, 0.1) is 17.0 Å². The van der Waals surface area contributed by atoms with Gasteiger partial charge in [-0.15, -0.1) is 28.5 Å². The summed E-state index contributed by atoms with van der Waals surface area (Å²) in [6.45, 7) is 4.88. The van der Waals surface area contributed by atoms with Crippen LogP contribution in [0.1, 0.15) is 0 Å². The fourth-order valence-electron chi connectivity index (χ4n) is 3.16. The second-order valence-electron chi connectivity index (χ2n) is 6.34. The molecule has 0 atom stereocenters. The molecule has 0 saturated carbocycles. The van der Waals surface area contributed by atoms with E-state index in [4.69, 9.17) is 0 Å². The zero-order chi connectivity index (χ0) is 20.2. The van der Waals surface area contributed by atoms with Gasteiger partial charge in [0.25, 0.3) is 0 Å². The summed E-state index contributed by atoms with van der Waals surface area (Å²) in [5.74, 6) is 1.18. The van der Waals surface area contributed by atoms with Gasteiger partial charge in [-0.2, -0.15) is 0 Å². The van der Waals surface area contributed by atoms with Crippen LogP contribution in [0.3, 0.4) is 0 Å². The van der Waals surface area contributed by atoms with Crippen LogP contribution in [-0.2, 0) is 11.3 Å². The standard InChI is InChI=1S/C21H19FN4OS2/c1-2-11-26-20(15-7-3-4-8-16(15)22)23-24-21(26)29-14-19(27)25-12-13-28-18-10-6-5-9-17(18)25/h2-10H,1,11-14H2. The summed E-state index contributed by atoms with van der Waals surface area (Å²) in [4.78, 5) is 15.8. The molecule has 148 valence electrons. The van der Waals surface area contributed by atoms with E-state index in [1.54, 1.807) is 40.6 Å². The number of para-hydroxylation sites is 1. The third-order valence-electron chi connectivity index (χ3n) is 4.50. The van der Waals surface area contributed by atoms with E-state index in [1.807, 2.05) is 29.2 Å². The zero-order valence-corrected chi connectivity index (χ0v) is 17.3. The lowest BCUT2D eigenvalue weighted by atomic mass is 10.2. The highest BCUT2D eigenvalue weighted by Crippen LogP contribution is 2.35. The summed E-state index contributed by atoms with van der Waals surface area (Å²) in [5, 5.41) is 8.93. The molecule has 0 spiro atoms. The lowest BCUT2D eigenvalue weighted by molar-refractivity contribution is -0.116. The van der Waals surface area contributed by atoms with E-state index in [0.29, 0.717) is 29.6 Å². The Balaban J connectivity index is 1.54. The van der Waals surface area contributed by atoms with Gasteiger partial charge in [-0.05, 0) is 24.3 Å². The van der Waals surface area contributed by atoms with Crippen molar-refractivity contribution in [2.24, 2.45) is 0 Å². The predicted molar refractivity (Wildman–Crippen MR) is 116 cm³/mol. The maximum absolute atomic E-state index is 14.2. The average Bonchev–Trinajstić information content (AvgIpc) is 3.14. The van der Waals surface area contributed by atoms with E-state index in [9.17, 15) is 9.18 Å². The van der Waals surface area contributed by atoms with Crippen molar-refractivity contribution in [1.82, 2.24) is 14.8 Å². The number of aromatic nitrogens is 3. The van der Waals surface area contributed by atoms with Crippen LogP contribution in [0.5, 0.6) is 0 Å². The number of hydrogen-bond acceptors (Lipinski definition) is 5. The number of benzene rings is 2. The molecule has 0 aliphatic carbocycles. The number of hydrogen-bond donors (Lipinski definition) is 0. The fourth-order valence-corrected chi connectivity index (χ4v) is 4.98. The van der Waals surface area contributed by atoms with Gasteiger partial charge >= 0.3 is 0 Å². The minimum atomic E-state index is -0.361. The first-order valence-corrected chi connectivity index (χ1v) is 11.1. The highest BCUT2D eigenvalue weighted by atomic mass is 32.2. The van der Waals surface area contributed by atoms with E-state index < -0.39 is 0 Å². The number of nitrogens with zero attached hydrogens (tertiary/aromatic N) is 4. The molecule has 0 radical (unpaired) electrons. The van der Waals surface area contributed by atoms with Gasteiger partial charge in [-0.1, -0.05) is 42.1 Å². The molecule has 0 bridgehead atoms. The number of carbonyl (C=O) groups excluding carboxylic acids is 1. The number of thioether (sulfide) groups is 2. The molecular formula is C21H19FN4OS2. The van der Waals surface area contributed by atoms with E-state index in [0.717, 1.165) is 16.3 Å². The van der Waals surface area contributed by atoms with Crippen LogP contribution in [0, 0.1) is 5.82 Å². The van der Waals surface area contributed by atoms with Crippen LogP contribution >= 0.6 is 23.5 Å². The van der Waals surface area contributed by atoms with Crippen molar-refractivity contribution in [3.05, 3.63) is 67.0 Å². The zero-order valence-electron chi connectivity index (χ0n) is 15.6. The second-order valence-corrected chi connectivity index (χ2v) is 8.41. The van der Waals surface area contributed by atoms with E-state index in [2.05, 4.69) is 16.8 Å². The molecule has 1 aliphatic rings. The summed E-state index contributed by atoms with van der Waals surface area (Å²) < 4.78 is 16.0.